The van der Waals surface area contributed by atoms with Crippen molar-refractivity contribution >= 4 is 17.5 Å². The topological polar surface area (TPSA) is 91.6 Å². The molecule has 0 saturated carbocycles. The number of nitrogens with one attached hydrogen (secondary N) is 1. The zero-order valence-corrected chi connectivity index (χ0v) is 19.7. The molecule has 8 heteroatoms. The van der Waals surface area contributed by atoms with Crippen LogP contribution in [-0.4, -0.2) is 57.9 Å². The first-order valence-electron chi connectivity index (χ1n) is 11.9. The van der Waals surface area contributed by atoms with Gasteiger partial charge < -0.3 is 14.7 Å². The fourth-order valence-corrected chi connectivity index (χ4v) is 4.32. The first-order valence-corrected chi connectivity index (χ1v) is 11.9. The predicted octanol–water partition coefficient (Wildman–Crippen LogP) is 4.07. The largest absolute Gasteiger partial charge is 0.339 e. The third kappa shape index (κ3) is 5.51. The molecule has 1 aliphatic rings. The number of likely N-dealkylation sites (tertiary alicyclic amines) is 1. The molecule has 1 aliphatic heterocycles. The molecule has 1 fully saturated rings. The monoisotopic (exact) mass is 461 g/mol. The van der Waals surface area contributed by atoms with Crippen molar-refractivity contribution in [2.75, 3.05) is 31.5 Å². The van der Waals surface area contributed by atoms with Crippen LogP contribution in [0.15, 0.2) is 59.1 Å². The van der Waals surface area contributed by atoms with Crippen LogP contribution in [0.5, 0.6) is 0 Å². The lowest BCUT2D eigenvalue weighted by Gasteiger charge is -2.31. The number of benzene rings is 2. The van der Waals surface area contributed by atoms with Crippen molar-refractivity contribution < 1.29 is 14.1 Å². The van der Waals surface area contributed by atoms with E-state index in [1.165, 1.54) is 0 Å². The summed E-state index contributed by atoms with van der Waals surface area (Å²) >= 11 is 0. The Morgan fingerprint density at radius 1 is 1.09 bits per heavy atom. The van der Waals surface area contributed by atoms with Crippen molar-refractivity contribution in [3.8, 4) is 11.4 Å². The summed E-state index contributed by atoms with van der Waals surface area (Å²) < 4.78 is 5.45. The molecule has 1 N–H and O–H groups in total. The van der Waals surface area contributed by atoms with Gasteiger partial charge in [-0.2, -0.15) is 4.98 Å². The van der Waals surface area contributed by atoms with Gasteiger partial charge in [0.15, 0.2) is 0 Å². The van der Waals surface area contributed by atoms with Crippen LogP contribution in [0.25, 0.3) is 11.4 Å². The number of nitrogens with zero attached hydrogens (tertiary/aromatic N) is 4. The molecule has 8 nitrogen and oxygen atoms in total. The van der Waals surface area contributed by atoms with E-state index in [1.54, 1.807) is 17.0 Å². The average molecular weight is 462 g/mol. The van der Waals surface area contributed by atoms with Gasteiger partial charge in [0.1, 0.15) is 0 Å². The van der Waals surface area contributed by atoms with Crippen LogP contribution >= 0.6 is 0 Å². The third-order valence-corrected chi connectivity index (χ3v) is 6.20. The molecular formula is C26H31N5O3. The molecule has 2 heterocycles. The molecule has 0 spiro atoms. The number of carbonyl (C=O) groups excluding carboxylic acids is 2. The normalized spacial score (nSPS) is 16.2. The van der Waals surface area contributed by atoms with Crippen LogP contribution in [0.3, 0.4) is 0 Å². The lowest BCUT2D eigenvalue weighted by atomic mass is 9.96. The Balaban J connectivity index is 1.39. The number of aromatic nitrogens is 2. The van der Waals surface area contributed by atoms with Gasteiger partial charge in [0.2, 0.25) is 17.6 Å². The van der Waals surface area contributed by atoms with E-state index < -0.39 is 0 Å². The number of piperidine rings is 1. The highest BCUT2D eigenvalue weighted by Crippen LogP contribution is 2.23. The van der Waals surface area contributed by atoms with Crippen LogP contribution in [0, 0.1) is 5.92 Å². The van der Waals surface area contributed by atoms with E-state index >= 15 is 0 Å². The Hall–Kier alpha value is -3.52. The van der Waals surface area contributed by atoms with Gasteiger partial charge in [-0.05, 0) is 45.4 Å². The maximum absolute atomic E-state index is 13.1. The van der Waals surface area contributed by atoms with Gasteiger partial charge in [0.25, 0.3) is 5.91 Å². The molecule has 178 valence electrons. The summed E-state index contributed by atoms with van der Waals surface area (Å²) in [6.45, 7) is 7.11. The van der Waals surface area contributed by atoms with Crippen molar-refractivity contribution in [1.29, 1.82) is 0 Å². The number of hydrogen-bond acceptors (Lipinski definition) is 6. The molecule has 3 aromatic rings. The molecule has 0 bridgehead atoms. The average Bonchev–Trinajstić information content (AvgIpc) is 3.34. The summed E-state index contributed by atoms with van der Waals surface area (Å²) in [7, 11) is 0. The first-order chi connectivity index (χ1) is 16.6. The Bertz CT molecular complexity index is 1110. The number of carbonyl (C=O) groups is 2. The van der Waals surface area contributed by atoms with Crippen molar-refractivity contribution in [3.63, 3.8) is 0 Å². The predicted molar refractivity (Wildman–Crippen MR) is 130 cm³/mol. The second kappa shape index (κ2) is 11.1. The number of anilines is 1. The smallest absolute Gasteiger partial charge is 0.255 e. The molecule has 34 heavy (non-hydrogen) atoms. The lowest BCUT2D eigenvalue weighted by molar-refractivity contribution is -0.121. The quantitative estimate of drug-likeness (QED) is 0.544. The lowest BCUT2D eigenvalue weighted by Crippen LogP contribution is -2.40. The number of amides is 2. The van der Waals surface area contributed by atoms with Crippen LogP contribution in [-0.2, 0) is 11.3 Å². The molecular weight excluding hydrogens is 430 g/mol. The first kappa shape index (κ1) is 23.6. The Kier molecular flexibility index (Phi) is 7.69. The van der Waals surface area contributed by atoms with Gasteiger partial charge in [0.05, 0.1) is 23.7 Å². The number of para-hydroxylation sites is 1. The highest BCUT2D eigenvalue weighted by atomic mass is 16.5. The summed E-state index contributed by atoms with van der Waals surface area (Å²) in [4.78, 5) is 34.4. The van der Waals surface area contributed by atoms with E-state index in [0.717, 1.165) is 24.9 Å². The Morgan fingerprint density at radius 2 is 1.82 bits per heavy atom. The molecule has 2 aromatic carbocycles. The highest BCUT2D eigenvalue weighted by Gasteiger charge is 2.28. The zero-order valence-electron chi connectivity index (χ0n) is 19.7. The minimum Gasteiger partial charge on any atom is -0.339 e. The number of hydrogen-bond donors (Lipinski definition) is 1. The standard InChI is InChI=1S/C26H31N5O3/c1-3-31(4-2)26(33)21-14-8-9-15-22(21)27-25(32)20-13-10-16-30(17-20)18-23-28-24(29-34-23)19-11-6-5-7-12-19/h5-9,11-12,14-15,20H,3-4,10,13,16-18H2,1-2H3,(H,27,32). The molecule has 1 aromatic heterocycles. The minimum absolute atomic E-state index is 0.0694. The van der Waals surface area contributed by atoms with E-state index in [-0.39, 0.29) is 17.7 Å². The van der Waals surface area contributed by atoms with E-state index in [9.17, 15) is 9.59 Å². The van der Waals surface area contributed by atoms with E-state index in [0.29, 0.717) is 49.1 Å². The van der Waals surface area contributed by atoms with Crippen molar-refractivity contribution in [1.82, 2.24) is 19.9 Å². The van der Waals surface area contributed by atoms with E-state index in [1.807, 2.05) is 56.3 Å². The Labute approximate surface area is 199 Å². The molecule has 0 aliphatic carbocycles. The van der Waals surface area contributed by atoms with Crippen LogP contribution in [0.4, 0.5) is 5.69 Å². The number of rotatable bonds is 8. The summed E-state index contributed by atoms with van der Waals surface area (Å²) in [6, 6.07) is 16.9. The molecule has 1 saturated heterocycles. The van der Waals surface area contributed by atoms with Gasteiger partial charge in [-0.15, -0.1) is 0 Å². The molecule has 2 amide bonds. The van der Waals surface area contributed by atoms with Gasteiger partial charge in [0, 0.05) is 25.2 Å². The summed E-state index contributed by atoms with van der Waals surface area (Å²) in [5.74, 6) is 0.783. The maximum atomic E-state index is 13.1. The second-order valence-electron chi connectivity index (χ2n) is 8.46. The maximum Gasteiger partial charge on any atom is 0.255 e. The van der Waals surface area contributed by atoms with Gasteiger partial charge in [-0.1, -0.05) is 47.6 Å². The summed E-state index contributed by atoms with van der Waals surface area (Å²) in [5, 5.41) is 7.10. The van der Waals surface area contributed by atoms with Crippen LogP contribution in [0.2, 0.25) is 0 Å². The fourth-order valence-electron chi connectivity index (χ4n) is 4.32. The van der Waals surface area contributed by atoms with Crippen molar-refractivity contribution in [3.05, 3.63) is 66.1 Å². The highest BCUT2D eigenvalue weighted by molar-refractivity contribution is 6.04. The minimum atomic E-state index is -0.179. The fraction of sp³-hybridized carbons (Fsp3) is 0.385. The zero-order chi connectivity index (χ0) is 23.9. The third-order valence-electron chi connectivity index (χ3n) is 6.20. The molecule has 1 unspecified atom stereocenters. The van der Waals surface area contributed by atoms with Crippen LogP contribution < -0.4 is 5.32 Å². The van der Waals surface area contributed by atoms with E-state index in [2.05, 4.69) is 20.4 Å². The van der Waals surface area contributed by atoms with Gasteiger partial charge in [-0.25, -0.2) is 0 Å². The van der Waals surface area contributed by atoms with Crippen LogP contribution in [0.1, 0.15) is 42.9 Å². The van der Waals surface area contributed by atoms with Gasteiger partial charge in [-0.3, -0.25) is 14.5 Å². The van der Waals surface area contributed by atoms with Gasteiger partial charge >= 0.3 is 0 Å². The van der Waals surface area contributed by atoms with E-state index in [4.69, 9.17) is 4.52 Å². The second-order valence-corrected chi connectivity index (χ2v) is 8.46. The molecule has 1 atom stereocenters. The summed E-state index contributed by atoms with van der Waals surface area (Å²) in [5.41, 5.74) is 1.99. The summed E-state index contributed by atoms with van der Waals surface area (Å²) in [6.07, 6.45) is 1.70. The molecule has 4 rings (SSSR count). The SMILES string of the molecule is CCN(CC)C(=O)c1ccccc1NC(=O)C1CCCN(Cc2nc(-c3ccccc3)no2)C1. The van der Waals surface area contributed by atoms with Crippen molar-refractivity contribution in [2.45, 2.75) is 33.2 Å². The van der Waals surface area contributed by atoms with Crippen molar-refractivity contribution in [2.24, 2.45) is 5.92 Å². The molecule has 0 radical (unpaired) electrons. The Morgan fingerprint density at radius 3 is 2.59 bits per heavy atom.